The van der Waals surface area contributed by atoms with E-state index in [9.17, 15) is 9.50 Å². The second-order valence-corrected chi connectivity index (χ2v) is 5.49. The predicted molar refractivity (Wildman–Crippen MR) is 87.4 cm³/mol. The van der Waals surface area contributed by atoms with E-state index in [2.05, 4.69) is 10.2 Å². The summed E-state index contributed by atoms with van der Waals surface area (Å²) < 4.78 is 18.6. The van der Waals surface area contributed by atoms with Gasteiger partial charge in [-0.05, 0) is 30.7 Å². The molecule has 0 unspecified atom stereocenters. The number of aromatic amines is 1. The van der Waals surface area contributed by atoms with Gasteiger partial charge in [0.2, 0.25) is 0 Å². The van der Waals surface area contributed by atoms with Crippen molar-refractivity contribution in [3.8, 4) is 33.9 Å². The fourth-order valence-corrected chi connectivity index (χ4v) is 2.62. The van der Waals surface area contributed by atoms with Crippen LogP contribution in [-0.4, -0.2) is 22.4 Å². The van der Waals surface area contributed by atoms with Crippen molar-refractivity contribution in [1.82, 2.24) is 10.2 Å². The van der Waals surface area contributed by atoms with Gasteiger partial charge in [0.15, 0.2) is 0 Å². The van der Waals surface area contributed by atoms with E-state index < -0.39 is 5.82 Å². The Bertz CT molecular complexity index is 860. The van der Waals surface area contributed by atoms with Crippen molar-refractivity contribution >= 4 is 11.6 Å². The second-order valence-electron chi connectivity index (χ2n) is 5.08. The van der Waals surface area contributed by atoms with Crippen molar-refractivity contribution in [3.63, 3.8) is 0 Å². The highest BCUT2D eigenvalue weighted by Crippen LogP contribution is 2.39. The summed E-state index contributed by atoms with van der Waals surface area (Å²) in [6.07, 6.45) is 0. The van der Waals surface area contributed by atoms with Crippen LogP contribution in [0.25, 0.3) is 22.4 Å². The third kappa shape index (κ3) is 2.75. The number of phenols is 1. The van der Waals surface area contributed by atoms with Crippen molar-refractivity contribution in [1.29, 1.82) is 0 Å². The molecule has 1 heterocycles. The van der Waals surface area contributed by atoms with Gasteiger partial charge in [0.1, 0.15) is 23.0 Å². The lowest BCUT2D eigenvalue weighted by Crippen LogP contribution is -1.88. The number of nitrogens with zero attached hydrogens (tertiary/aromatic N) is 1. The smallest absolute Gasteiger partial charge is 0.145 e. The molecule has 0 bridgehead atoms. The first-order valence-corrected chi connectivity index (χ1v) is 7.27. The Hall–Kier alpha value is -2.53. The molecular formula is C17H14ClFN2O2. The minimum atomic E-state index is -0.675. The van der Waals surface area contributed by atoms with E-state index in [4.69, 9.17) is 16.3 Å². The molecule has 0 radical (unpaired) electrons. The van der Waals surface area contributed by atoms with Gasteiger partial charge in [-0.3, -0.25) is 5.10 Å². The van der Waals surface area contributed by atoms with E-state index in [0.717, 1.165) is 28.6 Å². The molecule has 23 heavy (non-hydrogen) atoms. The lowest BCUT2D eigenvalue weighted by Gasteiger charge is -2.08. The summed E-state index contributed by atoms with van der Waals surface area (Å²) in [6, 6.07) is 9.81. The van der Waals surface area contributed by atoms with E-state index in [1.807, 2.05) is 31.2 Å². The summed E-state index contributed by atoms with van der Waals surface area (Å²) in [4.78, 5) is 0. The summed E-state index contributed by atoms with van der Waals surface area (Å²) in [5, 5.41) is 17.1. The van der Waals surface area contributed by atoms with Gasteiger partial charge in [0.05, 0.1) is 12.1 Å². The first kappa shape index (κ1) is 15.4. The molecule has 0 aliphatic heterocycles. The number of H-pyrrole nitrogens is 1. The van der Waals surface area contributed by atoms with Crippen molar-refractivity contribution in [2.24, 2.45) is 0 Å². The highest BCUT2D eigenvalue weighted by atomic mass is 35.5. The fraction of sp³-hybridized carbons (Fsp3) is 0.118. The zero-order chi connectivity index (χ0) is 16.6. The molecule has 0 amide bonds. The molecular weight excluding hydrogens is 319 g/mol. The number of benzene rings is 2. The summed E-state index contributed by atoms with van der Waals surface area (Å²) in [6.45, 7) is 1.87. The van der Waals surface area contributed by atoms with Gasteiger partial charge in [0.25, 0.3) is 0 Å². The number of aromatic nitrogens is 2. The molecule has 0 aliphatic rings. The minimum Gasteiger partial charge on any atom is -0.507 e. The quantitative estimate of drug-likeness (QED) is 0.739. The Morgan fingerprint density at radius 1 is 1.22 bits per heavy atom. The van der Waals surface area contributed by atoms with Gasteiger partial charge >= 0.3 is 0 Å². The van der Waals surface area contributed by atoms with Crippen LogP contribution in [-0.2, 0) is 0 Å². The molecule has 4 nitrogen and oxygen atoms in total. The number of hydrogen-bond acceptors (Lipinski definition) is 3. The Labute approximate surface area is 137 Å². The summed E-state index contributed by atoms with van der Waals surface area (Å²) >= 11 is 5.84. The predicted octanol–water partition coefficient (Wildman–Crippen LogP) is 4.56. The number of halogens is 2. The van der Waals surface area contributed by atoms with E-state index >= 15 is 0 Å². The monoisotopic (exact) mass is 332 g/mol. The van der Waals surface area contributed by atoms with E-state index in [0.29, 0.717) is 11.3 Å². The number of methoxy groups -OCH3 is 1. The third-order valence-corrected chi connectivity index (χ3v) is 3.91. The summed E-state index contributed by atoms with van der Waals surface area (Å²) in [5.41, 5.74) is 3.40. The molecule has 118 valence electrons. The molecule has 0 aliphatic carbocycles. The van der Waals surface area contributed by atoms with Crippen molar-refractivity contribution in [3.05, 3.63) is 52.9 Å². The number of aromatic hydroxyl groups is 1. The molecule has 2 aromatic carbocycles. The Morgan fingerprint density at radius 2 is 1.91 bits per heavy atom. The normalized spacial score (nSPS) is 10.8. The Balaban J connectivity index is 2.17. The highest BCUT2D eigenvalue weighted by molar-refractivity contribution is 6.31. The summed E-state index contributed by atoms with van der Waals surface area (Å²) in [5.74, 6) is -0.150. The van der Waals surface area contributed by atoms with Gasteiger partial charge < -0.3 is 9.84 Å². The number of ether oxygens (including phenoxy) is 1. The van der Waals surface area contributed by atoms with Crippen LogP contribution in [0.2, 0.25) is 5.02 Å². The molecule has 6 heteroatoms. The molecule has 0 spiro atoms. The SMILES string of the molecule is COc1ccc(-c2c(-c3cc(Cl)c(F)cc3O)n[nH]c2C)cc1. The van der Waals surface area contributed by atoms with Crippen LogP contribution >= 0.6 is 11.6 Å². The van der Waals surface area contributed by atoms with Crippen molar-refractivity contribution in [2.75, 3.05) is 7.11 Å². The lowest BCUT2D eigenvalue weighted by atomic mass is 9.98. The van der Waals surface area contributed by atoms with Crippen LogP contribution in [0.1, 0.15) is 5.69 Å². The molecule has 3 rings (SSSR count). The number of aryl methyl sites for hydroxylation is 1. The third-order valence-electron chi connectivity index (χ3n) is 3.62. The average molecular weight is 333 g/mol. The average Bonchev–Trinajstić information content (AvgIpc) is 2.92. The number of nitrogens with one attached hydrogen (secondary N) is 1. The van der Waals surface area contributed by atoms with Crippen LogP contribution in [0.4, 0.5) is 4.39 Å². The van der Waals surface area contributed by atoms with Crippen molar-refractivity contribution in [2.45, 2.75) is 6.92 Å². The van der Waals surface area contributed by atoms with Crippen LogP contribution in [0.5, 0.6) is 11.5 Å². The maximum Gasteiger partial charge on any atom is 0.145 e. The number of rotatable bonds is 3. The molecule has 0 saturated heterocycles. The molecule has 0 saturated carbocycles. The standard InChI is InChI=1S/C17H14ClFN2O2/c1-9-16(10-3-5-11(23-2)6-4-10)17(21-20-9)12-7-13(18)14(19)8-15(12)22/h3-8,22H,1-2H3,(H,20,21). The Kier molecular flexibility index (Phi) is 3.96. The van der Waals surface area contributed by atoms with E-state index in [1.54, 1.807) is 7.11 Å². The van der Waals surface area contributed by atoms with Gasteiger partial charge in [-0.1, -0.05) is 23.7 Å². The van der Waals surface area contributed by atoms with Gasteiger partial charge in [0, 0.05) is 22.9 Å². The van der Waals surface area contributed by atoms with Crippen LogP contribution in [0.15, 0.2) is 36.4 Å². The van der Waals surface area contributed by atoms with Crippen molar-refractivity contribution < 1.29 is 14.2 Å². The van der Waals surface area contributed by atoms with Gasteiger partial charge in [-0.25, -0.2) is 4.39 Å². The highest BCUT2D eigenvalue weighted by Gasteiger charge is 2.19. The molecule has 1 aromatic heterocycles. The minimum absolute atomic E-state index is 0.0702. The maximum atomic E-state index is 13.5. The van der Waals surface area contributed by atoms with Crippen LogP contribution in [0, 0.1) is 12.7 Å². The maximum absolute atomic E-state index is 13.5. The van der Waals surface area contributed by atoms with Crippen LogP contribution < -0.4 is 4.74 Å². The Morgan fingerprint density at radius 3 is 2.57 bits per heavy atom. The first-order chi connectivity index (χ1) is 11.0. The van der Waals surface area contributed by atoms with Crippen LogP contribution in [0.3, 0.4) is 0 Å². The number of hydrogen-bond donors (Lipinski definition) is 2. The first-order valence-electron chi connectivity index (χ1n) is 6.89. The lowest BCUT2D eigenvalue weighted by molar-refractivity contribution is 0.415. The molecule has 2 N–H and O–H groups in total. The second kappa shape index (κ2) is 5.93. The van der Waals surface area contributed by atoms with Gasteiger partial charge in [-0.2, -0.15) is 5.10 Å². The fourth-order valence-electron chi connectivity index (χ4n) is 2.46. The van der Waals surface area contributed by atoms with E-state index in [-0.39, 0.29) is 10.8 Å². The molecule has 3 aromatic rings. The zero-order valence-corrected chi connectivity index (χ0v) is 13.3. The van der Waals surface area contributed by atoms with Gasteiger partial charge in [-0.15, -0.1) is 0 Å². The topological polar surface area (TPSA) is 58.1 Å². The zero-order valence-electron chi connectivity index (χ0n) is 12.5. The largest absolute Gasteiger partial charge is 0.507 e. The molecule has 0 atom stereocenters. The number of phenolic OH excluding ortho intramolecular Hbond substituents is 1. The molecule has 0 fully saturated rings. The van der Waals surface area contributed by atoms with E-state index in [1.165, 1.54) is 6.07 Å². The summed E-state index contributed by atoms with van der Waals surface area (Å²) in [7, 11) is 1.60.